The summed E-state index contributed by atoms with van der Waals surface area (Å²) in [5.74, 6) is 0.627. The largest absolute Gasteiger partial charge is 0.374 e. The molecular formula is C11H25IN4O. The van der Waals surface area contributed by atoms with E-state index in [1.807, 2.05) is 4.90 Å². The number of guanidine groups is 1. The second-order valence-corrected chi connectivity index (χ2v) is 4.13. The van der Waals surface area contributed by atoms with Crippen LogP contribution < -0.4 is 5.73 Å². The van der Waals surface area contributed by atoms with Crippen molar-refractivity contribution in [2.24, 2.45) is 10.7 Å². The molecule has 0 aromatic rings. The van der Waals surface area contributed by atoms with Crippen LogP contribution in [0.3, 0.4) is 0 Å². The highest BCUT2D eigenvalue weighted by molar-refractivity contribution is 14.0. The molecule has 1 heterocycles. The van der Waals surface area contributed by atoms with Crippen LogP contribution in [0.4, 0.5) is 0 Å². The molecular weight excluding hydrogens is 331 g/mol. The Balaban J connectivity index is 0.00000256. The summed E-state index contributed by atoms with van der Waals surface area (Å²) in [5.41, 5.74) is 5.90. The van der Waals surface area contributed by atoms with Gasteiger partial charge in [-0.05, 0) is 20.9 Å². The molecule has 1 aliphatic heterocycles. The highest BCUT2D eigenvalue weighted by Gasteiger charge is 2.17. The van der Waals surface area contributed by atoms with Crippen molar-refractivity contribution in [1.29, 1.82) is 0 Å². The topological polar surface area (TPSA) is 54.1 Å². The molecule has 1 aliphatic rings. The number of rotatable bonds is 4. The van der Waals surface area contributed by atoms with Gasteiger partial charge in [-0.2, -0.15) is 0 Å². The van der Waals surface area contributed by atoms with Crippen molar-refractivity contribution in [1.82, 2.24) is 9.80 Å². The fourth-order valence-corrected chi connectivity index (χ4v) is 1.82. The summed E-state index contributed by atoms with van der Waals surface area (Å²) in [4.78, 5) is 8.70. The average Bonchev–Trinajstić information content (AvgIpc) is 2.28. The lowest BCUT2D eigenvalue weighted by molar-refractivity contribution is -0.0137. The second-order valence-electron chi connectivity index (χ2n) is 4.13. The summed E-state index contributed by atoms with van der Waals surface area (Å²) >= 11 is 0. The number of hydrogen-bond acceptors (Lipinski definition) is 3. The summed E-state index contributed by atoms with van der Waals surface area (Å²) in [7, 11) is 2.10. The molecule has 0 radical (unpaired) electrons. The van der Waals surface area contributed by atoms with Crippen LogP contribution >= 0.6 is 24.0 Å². The van der Waals surface area contributed by atoms with Gasteiger partial charge < -0.3 is 20.3 Å². The Bertz CT molecular complexity index is 234. The SMILES string of the molecule is CCN(CC)C(N)=NCC1CN(C)CCO1.I. The summed E-state index contributed by atoms with van der Waals surface area (Å²) in [5, 5.41) is 0. The van der Waals surface area contributed by atoms with Crippen molar-refractivity contribution in [3.05, 3.63) is 0 Å². The number of ether oxygens (including phenoxy) is 1. The van der Waals surface area contributed by atoms with Gasteiger partial charge in [-0.3, -0.25) is 4.99 Å². The predicted molar refractivity (Wildman–Crippen MR) is 82.1 cm³/mol. The molecule has 0 aliphatic carbocycles. The lowest BCUT2D eigenvalue weighted by atomic mass is 10.3. The van der Waals surface area contributed by atoms with E-state index in [1.54, 1.807) is 0 Å². The Labute approximate surface area is 121 Å². The minimum Gasteiger partial charge on any atom is -0.374 e. The third-order valence-corrected chi connectivity index (χ3v) is 2.89. The summed E-state index contributed by atoms with van der Waals surface area (Å²) in [6, 6.07) is 0. The van der Waals surface area contributed by atoms with Crippen LogP contribution in [-0.4, -0.2) is 68.2 Å². The molecule has 2 N–H and O–H groups in total. The van der Waals surface area contributed by atoms with Crippen LogP contribution in [0.25, 0.3) is 0 Å². The van der Waals surface area contributed by atoms with E-state index >= 15 is 0 Å². The van der Waals surface area contributed by atoms with Crippen molar-refractivity contribution in [3.8, 4) is 0 Å². The minimum absolute atomic E-state index is 0. The quantitative estimate of drug-likeness (QED) is 0.455. The van der Waals surface area contributed by atoms with E-state index in [0.29, 0.717) is 12.5 Å². The predicted octanol–water partition coefficient (Wildman–Crippen LogP) is 0.591. The number of hydrogen-bond donors (Lipinski definition) is 1. The highest BCUT2D eigenvalue weighted by Crippen LogP contribution is 2.03. The number of aliphatic imine (C=N–C) groups is 1. The molecule has 1 rings (SSSR count). The lowest BCUT2D eigenvalue weighted by Crippen LogP contribution is -2.43. The van der Waals surface area contributed by atoms with Crippen LogP contribution in [0.1, 0.15) is 13.8 Å². The van der Waals surface area contributed by atoms with Gasteiger partial charge in [-0.1, -0.05) is 0 Å². The van der Waals surface area contributed by atoms with E-state index in [2.05, 4.69) is 30.8 Å². The molecule has 0 spiro atoms. The first kappa shape index (κ1) is 16.9. The zero-order valence-corrected chi connectivity index (χ0v) is 13.4. The number of nitrogens with two attached hydrogens (primary N) is 1. The Morgan fingerprint density at radius 1 is 1.47 bits per heavy atom. The monoisotopic (exact) mass is 356 g/mol. The van der Waals surface area contributed by atoms with Crippen LogP contribution in [0.5, 0.6) is 0 Å². The zero-order chi connectivity index (χ0) is 12.0. The molecule has 1 atom stereocenters. The maximum absolute atomic E-state index is 5.90. The normalized spacial score (nSPS) is 22.1. The fourth-order valence-electron chi connectivity index (χ4n) is 1.82. The van der Waals surface area contributed by atoms with Gasteiger partial charge in [-0.25, -0.2) is 0 Å². The Morgan fingerprint density at radius 2 is 2.12 bits per heavy atom. The van der Waals surface area contributed by atoms with Crippen molar-refractivity contribution in [2.45, 2.75) is 20.0 Å². The molecule has 17 heavy (non-hydrogen) atoms. The minimum atomic E-state index is 0. The Morgan fingerprint density at radius 3 is 2.65 bits per heavy atom. The van der Waals surface area contributed by atoms with Gasteiger partial charge in [0, 0.05) is 26.2 Å². The smallest absolute Gasteiger partial charge is 0.191 e. The molecule has 1 saturated heterocycles. The molecule has 0 aromatic heterocycles. The van der Waals surface area contributed by atoms with Gasteiger partial charge in [0.25, 0.3) is 0 Å². The van der Waals surface area contributed by atoms with Crippen LogP contribution in [0.2, 0.25) is 0 Å². The number of morpholine rings is 1. The molecule has 0 amide bonds. The van der Waals surface area contributed by atoms with E-state index in [0.717, 1.165) is 32.8 Å². The molecule has 6 heteroatoms. The van der Waals surface area contributed by atoms with E-state index in [9.17, 15) is 0 Å². The number of halogens is 1. The van der Waals surface area contributed by atoms with Crippen molar-refractivity contribution in [3.63, 3.8) is 0 Å². The Kier molecular flexibility index (Phi) is 8.89. The highest BCUT2D eigenvalue weighted by atomic mass is 127. The molecule has 0 aromatic carbocycles. The molecule has 1 unspecified atom stereocenters. The molecule has 0 saturated carbocycles. The third-order valence-electron chi connectivity index (χ3n) is 2.89. The van der Waals surface area contributed by atoms with Gasteiger partial charge in [0.1, 0.15) is 0 Å². The first-order valence-electron chi connectivity index (χ1n) is 6.02. The van der Waals surface area contributed by atoms with E-state index in [-0.39, 0.29) is 30.1 Å². The van der Waals surface area contributed by atoms with Crippen LogP contribution in [0, 0.1) is 0 Å². The zero-order valence-electron chi connectivity index (χ0n) is 11.1. The van der Waals surface area contributed by atoms with Crippen LogP contribution in [0.15, 0.2) is 4.99 Å². The molecule has 102 valence electrons. The van der Waals surface area contributed by atoms with Crippen molar-refractivity contribution < 1.29 is 4.74 Å². The maximum Gasteiger partial charge on any atom is 0.191 e. The summed E-state index contributed by atoms with van der Waals surface area (Å²) in [6.45, 7) is 9.36. The van der Waals surface area contributed by atoms with Crippen molar-refractivity contribution >= 4 is 29.9 Å². The molecule has 0 bridgehead atoms. The lowest BCUT2D eigenvalue weighted by Gasteiger charge is -2.29. The average molecular weight is 356 g/mol. The number of nitrogens with zero attached hydrogens (tertiary/aromatic N) is 3. The summed E-state index contributed by atoms with van der Waals surface area (Å²) in [6.07, 6.45) is 0.188. The van der Waals surface area contributed by atoms with Gasteiger partial charge in [0.05, 0.1) is 19.3 Å². The van der Waals surface area contributed by atoms with Gasteiger partial charge in [-0.15, -0.1) is 24.0 Å². The van der Waals surface area contributed by atoms with Gasteiger partial charge >= 0.3 is 0 Å². The van der Waals surface area contributed by atoms with Crippen LogP contribution in [-0.2, 0) is 4.74 Å². The van der Waals surface area contributed by atoms with Gasteiger partial charge in [0.15, 0.2) is 5.96 Å². The van der Waals surface area contributed by atoms with E-state index in [1.165, 1.54) is 0 Å². The second kappa shape index (κ2) is 8.93. The summed E-state index contributed by atoms with van der Waals surface area (Å²) < 4.78 is 5.62. The Hall–Kier alpha value is -0.0800. The van der Waals surface area contributed by atoms with Crippen molar-refractivity contribution in [2.75, 3.05) is 46.4 Å². The van der Waals surface area contributed by atoms with E-state index < -0.39 is 0 Å². The van der Waals surface area contributed by atoms with Gasteiger partial charge in [0.2, 0.25) is 0 Å². The number of likely N-dealkylation sites (N-methyl/N-ethyl adjacent to an activating group) is 1. The maximum atomic E-state index is 5.90. The molecule has 1 fully saturated rings. The fraction of sp³-hybridized carbons (Fsp3) is 0.909. The first-order chi connectivity index (χ1) is 7.67. The molecule has 5 nitrogen and oxygen atoms in total. The first-order valence-corrected chi connectivity index (χ1v) is 6.02. The third kappa shape index (κ3) is 5.87. The standard InChI is InChI=1S/C11H24N4O.HI/c1-4-15(5-2)11(12)13-8-10-9-14(3)6-7-16-10;/h10H,4-9H2,1-3H3,(H2,12,13);1H. The van der Waals surface area contributed by atoms with E-state index in [4.69, 9.17) is 10.5 Å².